The van der Waals surface area contributed by atoms with Crippen molar-refractivity contribution in [3.8, 4) is 17.6 Å². The summed E-state index contributed by atoms with van der Waals surface area (Å²) >= 11 is 3.40. The number of halogens is 1. The molecule has 31 heavy (non-hydrogen) atoms. The van der Waals surface area contributed by atoms with Crippen molar-refractivity contribution in [2.45, 2.75) is 13.5 Å². The van der Waals surface area contributed by atoms with Crippen LogP contribution in [0.3, 0.4) is 0 Å². The second-order valence-corrected chi connectivity index (χ2v) is 7.52. The van der Waals surface area contributed by atoms with Crippen molar-refractivity contribution in [2.24, 2.45) is 0 Å². The Morgan fingerprint density at radius 2 is 1.68 bits per heavy atom. The van der Waals surface area contributed by atoms with Crippen molar-refractivity contribution in [3.63, 3.8) is 0 Å². The van der Waals surface area contributed by atoms with Crippen molar-refractivity contribution in [2.75, 3.05) is 6.61 Å². The van der Waals surface area contributed by atoms with E-state index in [-0.39, 0.29) is 12.2 Å². The number of benzene rings is 3. The van der Waals surface area contributed by atoms with E-state index < -0.39 is 5.97 Å². The van der Waals surface area contributed by atoms with E-state index in [2.05, 4.69) is 22.0 Å². The van der Waals surface area contributed by atoms with Crippen molar-refractivity contribution in [1.29, 1.82) is 5.26 Å². The fourth-order valence-corrected chi connectivity index (χ4v) is 3.15. The first-order valence-corrected chi connectivity index (χ1v) is 10.4. The lowest BCUT2D eigenvalue weighted by molar-refractivity contribution is 0.0697. The first-order chi connectivity index (χ1) is 15.0. The van der Waals surface area contributed by atoms with Gasteiger partial charge in [-0.05, 0) is 66.1 Å². The van der Waals surface area contributed by atoms with E-state index in [4.69, 9.17) is 14.6 Å². The van der Waals surface area contributed by atoms with Crippen molar-refractivity contribution in [3.05, 3.63) is 93.5 Å². The number of carboxylic acids is 1. The second kappa shape index (κ2) is 10.5. The van der Waals surface area contributed by atoms with Crippen LogP contribution in [0.2, 0.25) is 0 Å². The zero-order chi connectivity index (χ0) is 22.2. The maximum Gasteiger partial charge on any atom is 0.335 e. The Kier molecular flexibility index (Phi) is 7.47. The van der Waals surface area contributed by atoms with Gasteiger partial charge in [-0.25, -0.2) is 4.79 Å². The number of allylic oxidation sites excluding steroid dienone is 1. The summed E-state index contributed by atoms with van der Waals surface area (Å²) in [6, 6.07) is 21.8. The molecule has 3 aromatic carbocycles. The van der Waals surface area contributed by atoms with E-state index >= 15 is 0 Å². The fraction of sp³-hybridized carbons (Fsp3) is 0.120. The number of nitrogens with zero attached hydrogens (tertiary/aromatic N) is 1. The number of ether oxygens (including phenoxy) is 2. The van der Waals surface area contributed by atoms with Gasteiger partial charge < -0.3 is 14.6 Å². The molecule has 0 fully saturated rings. The van der Waals surface area contributed by atoms with Gasteiger partial charge in [-0.1, -0.05) is 46.3 Å². The van der Waals surface area contributed by atoms with Crippen LogP contribution in [0, 0.1) is 11.3 Å². The molecule has 0 aliphatic heterocycles. The molecule has 1 N–H and O–H groups in total. The van der Waals surface area contributed by atoms with Crippen LogP contribution >= 0.6 is 15.9 Å². The normalized spacial score (nSPS) is 10.9. The largest absolute Gasteiger partial charge is 0.490 e. The molecule has 6 heteroatoms. The third-order valence-corrected chi connectivity index (χ3v) is 4.98. The molecule has 3 aromatic rings. The average Bonchev–Trinajstić information content (AvgIpc) is 2.78. The van der Waals surface area contributed by atoms with Gasteiger partial charge in [0, 0.05) is 4.47 Å². The van der Waals surface area contributed by atoms with Crippen molar-refractivity contribution < 1.29 is 19.4 Å². The highest BCUT2D eigenvalue weighted by molar-refractivity contribution is 9.10. The summed E-state index contributed by atoms with van der Waals surface area (Å²) in [5.41, 5.74) is 3.27. The monoisotopic (exact) mass is 477 g/mol. The lowest BCUT2D eigenvalue weighted by Gasteiger charge is -2.13. The van der Waals surface area contributed by atoms with Crippen LogP contribution in [-0.2, 0) is 6.61 Å². The minimum absolute atomic E-state index is 0.231. The fourth-order valence-electron chi connectivity index (χ4n) is 2.88. The first kappa shape index (κ1) is 22.1. The van der Waals surface area contributed by atoms with Gasteiger partial charge in [0.25, 0.3) is 0 Å². The predicted molar refractivity (Wildman–Crippen MR) is 123 cm³/mol. The molecule has 0 radical (unpaired) electrons. The Labute approximate surface area is 189 Å². The molecule has 5 nitrogen and oxygen atoms in total. The molecule has 0 spiro atoms. The van der Waals surface area contributed by atoms with Crippen LogP contribution in [0.25, 0.3) is 11.6 Å². The SMILES string of the molecule is CCOc1cc(/C=C(\C#N)c2ccc(Br)cc2)ccc1OCc1ccc(C(=O)O)cc1. The van der Waals surface area contributed by atoms with Crippen LogP contribution in [-0.4, -0.2) is 17.7 Å². The molecular formula is C25H20BrNO4. The quantitative estimate of drug-likeness (QED) is 0.309. The van der Waals surface area contributed by atoms with Gasteiger partial charge >= 0.3 is 5.97 Å². The predicted octanol–water partition coefficient (Wildman–Crippen LogP) is 6.19. The van der Waals surface area contributed by atoms with Gasteiger partial charge in [0.15, 0.2) is 11.5 Å². The number of hydrogen-bond acceptors (Lipinski definition) is 4. The van der Waals surface area contributed by atoms with E-state index in [1.807, 2.05) is 43.3 Å². The topological polar surface area (TPSA) is 79.5 Å². The van der Waals surface area contributed by atoms with Crippen LogP contribution in [0.1, 0.15) is 34.0 Å². The minimum atomic E-state index is -0.963. The van der Waals surface area contributed by atoms with Gasteiger partial charge in [-0.3, -0.25) is 0 Å². The zero-order valence-electron chi connectivity index (χ0n) is 16.8. The smallest absolute Gasteiger partial charge is 0.335 e. The highest BCUT2D eigenvalue weighted by Gasteiger charge is 2.09. The number of rotatable bonds is 8. The molecule has 0 amide bonds. The third-order valence-electron chi connectivity index (χ3n) is 4.45. The van der Waals surface area contributed by atoms with Crippen molar-refractivity contribution >= 4 is 33.5 Å². The summed E-state index contributed by atoms with van der Waals surface area (Å²) in [7, 11) is 0. The summed E-state index contributed by atoms with van der Waals surface area (Å²) in [6.07, 6.45) is 1.81. The maximum atomic E-state index is 11.0. The van der Waals surface area contributed by atoms with Gasteiger partial charge in [-0.2, -0.15) is 5.26 Å². The summed E-state index contributed by atoms with van der Waals surface area (Å²) in [5.74, 6) is 0.185. The van der Waals surface area contributed by atoms with Gasteiger partial charge in [-0.15, -0.1) is 0 Å². The van der Waals surface area contributed by atoms with Crippen molar-refractivity contribution in [1.82, 2.24) is 0 Å². The Balaban J connectivity index is 1.80. The van der Waals surface area contributed by atoms with E-state index in [0.29, 0.717) is 23.7 Å². The van der Waals surface area contributed by atoms with E-state index in [1.165, 1.54) is 0 Å². The molecule has 0 saturated heterocycles. The Morgan fingerprint density at radius 1 is 1.00 bits per heavy atom. The summed E-state index contributed by atoms with van der Waals surface area (Å²) in [5, 5.41) is 18.6. The number of aromatic carboxylic acids is 1. The van der Waals surface area contributed by atoms with Gasteiger partial charge in [0.2, 0.25) is 0 Å². The molecule has 0 unspecified atom stereocenters. The molecule has 0 aromatic heterocycles. The molecular weight excluding hydrogens is 458 g/mol. The number of hydrogen-bond donors (Lipinski definition) is 1. The minimum Gasteiger partial charge on any atom is -0.490 e. The molecule has 0 aliphatic rings. The van der Waals surface area contributed by atoms with Crippen LogP contribution in [0.5, 0.6) is 11.5 Å². The average molecular weight is 478 g/mol. The Hall–Kier alpha value is -3.56. The van der Waals surface area contributed by atoms with E-state index in [9.17, 15) is 10.1 Å². The standard InChI is InChI=1S/C25H20BrNO4/c1-2-30-24-14-18(13-21(15-27)19-8-10-22(26)11-9-19)5-12-23(24)31-16-17-3-6-20(7-4-17)25(28)29/h3-14H,2,16H2,1H3,(H,28,29)/b21-13+. The number of nitriles is 1. The summed E-state index contributed by atoms with van der Waals surface area (Å²) in [6.45, 7) is 2.63. The van der Waals surface area contributed by atoms with E-state index in [1.54, 1.807) is 36.4 Å². The van der Waals surface area contributed by atoms with Crippen LogP contribution in [0.15, 0.2) is 71.2 Å². The number of carbonyl (C=O) groups is 1. The van der Waals surface area contributed by atoms with Gasteiger partial charge in [0.05, 0.1) is 23.8 Å². The Bertz CT molecular complexity index is 1130. The molecule has 156 valence electrons. The Morgan fingerprint density at radius 3 is 2.29 bits per heavy atom. The number of carboxylic acid groups (broad SMARTS) is 1. The van der Waals surface area contributed by atoms with Crippen LogP contribution in [0.4, 0.5) is 0 Å². The van der Waals surface area contributed by atoms with Gasteiger partial charge in [0.1, 0.15) is 6.61 Å². The highest BCUT2D eigenvalue weighted by atomic mass is 79.9. The zero-order valence-corrected chi connectivity index (χ0v) is 18.4. The lowest BCUT2D eigenvalue weighted by Crippen LogP contribution is -2.01. The molecule has 0 aliphatic carbocycles. The second-order valence-electron chi connectivity index (χ2n) is 6.61. The highest BCUT2D eigenvalue weighted by Crippen LogP contribution is 2.31. The summed E-state index contributed by atoms with van der Waals surface area (Å²) < 4.78 is 12.6. The first-order valence-electron chi connectivity index (χ1n) is 9.59. The van der Waals surface area contributed by atoms with Crippen LogP contribution < -0.4 is 9.47 Å². The molecule has 0 atom stereocenters. The van der Waals surface area contributed by atoms with E-state index in [0.717, 1.165) is 21.2 Å². The summed E-state index contributed by atoms with van der Waals surface area (Å²) in [4.78, 5) is 11.0. The molecule has 3 rings (SSSR count). The molecule has 0 heterocycles. The lowest BCUT2D eigenvalue weighted by atomic mass is 10.0. The third kappa shape index (κ3) is 5.97. The maximum absolute atomic E-state index is 11.0. The molecule has 0 bridgehead atoms. The molecule has 0 saturated carbocycles.